The number of thioether (sulfide) groups is 2. The summed E-state index contributed by atoms with van der Waals surface area (Å²) in [4.78, 5) is 41.2. The first kappa shape index (κ1) is 34.7. The molecule has 0 aliphatic carbocycles. The molecule has 7 rings (SSSR count). The molecule has 0 fully saturated rings. The van der Waals surface area contributed by atoms with E-state index in [1.54, 1.807) is 12.1 Å². The zero-order chi connectivity index (χ0) is 36.0. The molecule has 0 saturated carbocycles. The minimum atomic E-state index is -0.575. The van der Waals surface area contributed by atoms with Crippen molar-refractivity contribution in [2.24, 2.45) is 0 Å². The molecule has 2 N–H and O–H groups in total. The van der Waals surface area contributed by atoms with Gasteiger partial charge in [0.05, 0.1) is 39.8 Å². The maximum Gasteiger partial charge on any atom is 0.296 e. The number of methoxy groups -OCH3 is 1. The number of amides is 2. The number of hydrogen-bond acceptors (Lipinski definition) is 11. The lowest BCUT2D eigenvalue weighted by Crippen LogP contribution is -2.15. The van der Waals surface area contributed by atoms with Gasteiger partial charge in [-0.3, -0.25) is 24.3 Å². The third-order valence-electron chi connectivity index (χ3n) is 7.93. The van der Waals surface area contributed by atoms with Gasteiger partial charge in [0, 0.05) is 17.8 Å². The number of hydrogen-bond donors (Lipinski definition) is 2. The van der Waals surface area contributed by atoms with Gasteiger partial charge in [0.2, 0.25) is 11.8 Å². The lowest BCUT2D eigenvalue weighted by atomic mass is 10.0. The minimum absolute atomic E-state index is 0.00107. The van der Waals surface area contributed by atoms with E-state index in [0.29, 0.717) is 27.4 Å². The Morgan fingerprint density at radius 2 is 1.63 bits per heavy atom. The first-order valence-electron chi connectivity index (χ1n) is 15.9. The second kappa shape index (κ2) is 15.6. The standard InChI is InChI=1S/C37H29N7O5S3/c1-49-27-15-17-29(31(20-27)44(47)48)39-35(46)22-51-37-40-30-16-14-25(19-32(30)52-37)38-34(45)21-50-36-42-41-33(43(36)26-11-3-2-4-12-26)18-24-10-7-9-23-8-5-6-13-28(23)24/h2-17,19-20H,18,21-22H2,1H3,(H,38,45)(H,39,46). The first-order chi connectivity index (χ1) is 25.3. The van der Waals surface area contributed by atoms with Crippen LogP contribution in [0.5, 0.6) is 5.75 Å². The number of rotatable bonds is 13. The molecule has 7 aromatic rings. The average Bonchev–Trinajstić information content (AvgIpc) is 3.77. The summed E-state index contributed by atoms with van der Waals surface area (Å²) in [6, 6.07) is 34.0. The molecule has 0 bridgehead atoms. The van der Waals surface area contributed by atoms with Gasteiger partial charge in [-0.1, -0.05) is 84.2 Å². The normalized spacial score (nSPS) is 11.1. The Balaban J connectivity index is 0.990. The molecule has 15 heteroatoms. The SMILES string of the molecule is COc1ccc(NC(=O)CSc2nc3ccc(NC(=O)CSc4nnc(Cc5cccc6ccccc56)n4-c4ccccc4)cc3s2)c([N+](=O)[O-])c1. The minimum Gasteiger partial charge on any atom is -0.496 e. The van der Waals surface area contributed by atoms with Crippen LogP contribution in [-0.2, 0) is 16.0 Å². The summed E-state index contributed by atoms with van der Waals surface area (Å²) >= 11 is 3.91. The van der Waals surface area contributed by atoms with Gasteiger partial charge in [0.1, 0.15) is 17.3 Å². The van der Waals surface area contributed by atoms with Crippen LogP contribution < -0.4 is 15.4 Å². The molecule has 2 aromatic heterocycles. The van der Waals surface area contributed by atoms with Crippen LogP contribution >= 0.6 is 34.9 Å². The fourth-order valence-electron chi connectivity index (χ4n) is 5.54. The van der Waals surface area contributed by atoms with Crippen molar-refractivity contribution in [2.45, 2.75) is 15.9 Å². The summed E-state index contributed by atoms with van der Waals surface area (Å²) in [6.07, 6.45) is 0.570. The Kier molecular flexibility index (Phi) is 10.4. The summed E-state index contributed by atoms with van der Waals surface area (Å²) in [5, 5.41) is 29.0. The van der Waals surface area contributed by atoms with Crippen molar-refractivity contribution in [3.63, 3.8) is 0 Å². The highest BCUT2D eigenvalue weighted by molar-refractivity contribution is 8.01. The lowest BCUT2D eigenvalue weighted by Gasteiger charge is -2.11. The fraction of sp³-hybridized carbons (Fsp3) is 0.108. The van der Waals surface area contributed by atoms with Crippen LogP contribution in [0.4, 0.5) is 17.1 Å². The van der Waals surface area contributed by atoms with Crippen LogP contribution in [0.25, 0.3) is 26.7 Å². The van der Waals surface area contributed by atoms with Crippen molar-refractivity contribution >= 4 is 84.7 Å². The van der Waals surface area contributed by atoms with Crippen molar-refractivity contribution in [3.05, 3.63) is 131 Å². The van der Waals surface area contributed by atoms with Gasteiger partial charge in [-0.05, 0) is 58.8 Å². The van der Waals surface area contributed by atoms with Gasteiger partial charge in [0.25, 0.3) is 5.69 Å². The van der Waals surface area contributed by atoms with Gasteiger partial charge in [0.15, 0.2) is 9.50 Å². The van der Waals surface area contributed by atoms with Gasteiger partial charge in [-0.25, -0.2) is 4.98 Å². The number of carbonyl (C=O) groups is 2. The molecule has 12 nitrogen and oxygen atoms in total. The van der Waals surface area contributed by atoms with E-state index in [0.717, 1.165) is 38.1 Å². The topological polar surface area (TPSA) is 154 Å². The second-order valence-electron chi connectivity index (χ2n) is 11.4. The van der Waals surface area contributed by atoms with E-state index in [9.17, 15) is 19.7 Å². The largest absolute Gasteiger partial charge is 0.496 e. The zero-order valence-electron chi connectivity index (χ0n) is 27.5. The van der Waals surface area contributed by atoms with Gasteiger partial charge >= 0.3 is 0 Å². The highest BCUT2D eigenvalue weighted by Gasteiger charge is 2.19. The molecule has 0 aliphatic heterocycles. The molecule has 260 valence electrons. The average molecular weight is 748 g/mol. The van der Waals surface area contributed by atoms with Crippen molar-refractivity contribution in [1.29, 1.82) is 0 Å². The lowest BCUT2D eigenvalue weighted by molar-refractivity contribution is -0.384. The second-order valence-corrected chi connectivity index (χ2v) is 14.6. The van der Waals surface area contributed by atoms with Gasteiger partial charge < -0.3 is 15.4 Å². The fourth-order valence-corrected chi connectivity index (χ4v) is 8.22. The number of nitrogens with one attached hydrogen (secondary N) is 2. The van der Waals surface area contributed by atoms with Crippen LogP contribution in [0.2, 0.25) is 0 Å². The number of benzene rings is 5. The summed E-state index contributed by atoms with van der Waals surface area (Å²) in [7, 11) is 1.41. The van der Waals surface area contributed by atoms with Crippen LogP contribution in [0, 0.1) is 10.1 Å². The third kappa shape index (κ3) is 7.91. The van der Waals surface area contributed by atoms with Crippen LogP contribution in [0.3, 0.4) is 0 Å². The van der Waals surface area contributed by atoms with Crippen molar-refractivity contribution in [3.8, 4) is 11.4 Å². The Labute approximate surface area is 309 Å². The number of nitro benzene ring substituents is 1. The predicted molar refractivity (Wildman–Crippen MR) is 206 cm³/mol. The molecule has 0 unspecified atom stereocenters. The van der Waals surface area contributed by atoms with E-state index in [1.165, 1.54) is 54.1 Å². The van der Waals surface area contributed by atoms with Gasteiger partial charge in [-0.15, -0.1) is 21.5 Å². The number of aromatic nitrogens is 4. The van der Waals surface area contributed by atoms with Crippen molar-refractivity contribution in [1.82, 2.24) is 19.7 Å². The van der Waals surface area contributed by atoms with E-state index in [2.05, 4.69) is 50.1 Å². The van der Waals surface area contributed by atoms with E-state index in [4.69, 9.17) is 4.74 Å². The number of thiazole rings is 1. The van der Waals surface area contributed by atoms with E-state index in [-0.39, 0.29) is 28.8 Å². The van der Waals surface area contributed by atoms with Crippen LogP contribution in [-0.4, -0.2) is 55.1 Å². The molecule has 0 atom stereocenters. The molecule has 0 spiro atoms. The molecule has 5 aromatic carbocycles. The summed E-state index contributed by atoms with van der Waals surface area (Å²) in [5.74, 6) is 0.591. The maximum absolute atomic E-state index is 13.1. The highest BCUT2D eigenvalue weighted by atomic mass is 32.2. The number of anilines is 2. The third-order valence-corrected chi connectivity index (χ3v) is 11.0. The summed E-state index contributed by atoms with van der Waals surface area (Å²) in [5.41, 5.74) is 3.21. The predicted octanol–water partition coefficient (Wildman–Crippen LogP) is 8.00. The first-order valence-corrected chi connectivity index (χ1v) is 18.7. The molecule has 52 heavy (non-hydrogen) atoms. The molecular formula is C37H29N7O5S3. The Morgan fingerprint density at radius 1 is 0.865 bits per heavy atom. The van der Waals surface area contributed by atoms with E-state index in [1.807, 2.05) is 65.2 Å². The number of nitrogens with zero attached hydrogens (tertiary/aromatic N) is 5. The Bertz CT molecular complexity index is 2430. The molecule has 0 aliphatic rings. The smallest absolute Gasteiger partial charge is 0.296 e. The summed E-state index contributed by atoms with van der Waals surface area (Å²) < 4.78 is 8.53. The number of fused-ring (bicyclic) bond motifs is 2. The quantitative estimate of drug-likeness (QED) is 0.0674. The van der Waals surface area contributed by atoms with Crippen LogP contribution in [0.1, 0.15) is 11.4 Å². The molecule has 0 radical (unpaired) electrons. The monoisotopic (exact) mass is 747 g/mol. The molecule has 2 heterocycles. The van der Waals surface area contributed by atoms with E-state index < -0.39 is 10.8 Å². The number of ether oxygens (including phenoxy) is 1. The summed E-state index contributed by atoms with van der Waals surface area (Å²) in [6.45, 7) is 0. The zero-order valence-corrected chi connectivity index (χ0v) is 30.0. The Hall–Kier alpha value is -5.77. The van der Waals surface area contributed by atoms with Crippen molar-refractivity contribution < 1.29 is 19.2 Å². The molecular weight excluding hydrogens is 719 g/mol. The maximum atomic E-state index is 13.1. The number of carbonyl (C=O) groups excluding carboxylic acids is 2. The highest BCUT2D eigenvalue weighted by Crippen LogP contribution is 2.33. The van der Waals surface area contributed by atoms with Crippen molar-refractivity contribution in [2.75, 3.05) is 29.2 Å². The van der Waals surface area contributed by atoms with E-state index >= 15 is 0 Å². The number of para-hydroxylation sites is 1. The Morgan fingerprint density at radius 3 is 2.46 bits per heavy atom. The van der Waals surface area contributed by atoms with Gasteiger partial charge in [-0.2, -0.15) is 0 Å². The number of nitro groups is 1. The van der Waals surface area contributed by atoms with Crippen LogP contribution in [0.15, 0.2) is 119 Å². The molecule has 0 saturated heterocycles. The molecule has 2 amide bonds.